The zero-order chi connectivity index (χ0) is 14.7. The number of aromatic nitrogens is 2. The number of hydrogen-bond acceptors (Lipinski definition) is 2. The van der Waals surface area contributed by atoms with Gasteiger partial charge in [-0.2, -0.15) is 0 Å². The van der Waals surface area contributed by atoms with Crippen LogP contribution in [-0.2, 0) is 12.8 Å². The maximum absolute atomic E-state index is 6.22. The summed E-state index contributed by atoms with van der Waals surface area (Å²) >= 11 is 8.45. The van der Waals surface area contributed by atoms with E-state index in [4.69, 9.17) is 11.6 Å². The zero-order valence-corrected chi connectivity index (χ0v) is 14.9. The predicted molar refractivity (Wildman–Crippen MR) is 92.5 cm³/mol. The second-order valence-corrected chi connectivity index (χ2v) is 6.55. The van der Waals surface area contributed by atoms with Crippen LogP contribution in [0.3, 0.4) is 0 Å². The summed E-state index contributed by atoms with van der Waals surface area (Å²) in [7, 11) is 0. The molecule has 1 aromatic carbocycles. The lowest BCUT2D eigenvalue weighted by Gasteiger charge is -2.09. The van der Waals surface area contributed by atoms with Gasteiger partial charge in [-0.25, -0.2) is 9.97 Å². The van der Waals surface area contributed by atoms with Crippen LogP contribution >= 0.6 is 34.2 Å². The molecule has 0 atom stereocenters. The Balaban J connectivity index is 2.33. The molecule has 2 nitrogen and oxygen atoms in total. The Morgan fingerprint density at radius 2 is 1.75 bits per heavy atom. The third-order valence-electron chi connectivity index (χ3n) is 3.06. The molecule has 0 saturated carbocycles. The fraction of sp³-hybridized carbons (Fsp3) is 0.375. The SMILES string of the molecule is CCCc1nc(Cc2cc(C)cc(C)c2)nc(Cl)c1I. The van der Waals surface area contributed by atoms with Crippen molar-refractivity contribution in [1.82, 2.24) is 9.97 Å². The first-order valence-electron chi connectivity index (χ1n) is 6.77. The monoisotopic (exact) mass is 400 g/mol. The van der Waals surface area contributed by atoms with Crippen LogP contribution in [0.1, 0.15) is 41.6 Å². The van der Waals surface area contributed by atoms with Crippen LogP contribution < -0.4 is 0 Å². The summed E-state index contributed by atoms with van der Waals surface area (Å²) < 4.78 is 0.982. The highest BCUT2D eigenvalue weighted by molar-refractivity contribution is 14.1. The summed E-state index contributed by atoms with van der Waals surface area (Å²) in [5.41, 5.74) is 4.84. The third-order valence-corrected chi connectivity index (χ3v) is 4.78. The average molecular weight is 401 g/mol. The van der Waals surface area contributed by atoms with Crippen molar-refractivity contribution in [2.24, 2.45) is 0 Å². The number of rotatable bonds is 4. The molecule has 0 amide bonds. The van der Waals surface area contributed by atoms with Gasteiger partial charge in [-0.3, -0.25) is 0 Å². The van der Waals surface area contributed by atoms with Gasteiger partial charge >= 0.3 is 0 Å². The van der Waals surface area contributed by atoms with Crippen molar-refractivity contribution in [3.63, 3.8) is 0 Å². The van der Waals surface area contributed by atoms with Gasteiger partial charge in [0.25, 0.3) is 0 Å². The zero-order valence-electron chi connectivity index (χ0n) is 12.0. The quantitative estimate of drug-likeness (QED) is 0.539. The van der Waals surface area contributed by atoms with Crippen LogP contribution in [0.15, 0.2) is 18.2 Å². The molecule has 0 aliphatic carbocycles. The van der Waals surface area contributed by atoms with E-state index in [0.717, 1.165) is 34.4 Å². The number of benzene rings is 1. The fourth-order valence-corrected chi connectivity index (χ4v) is 3.06. The minimum absolute atomic E-state index is 0.573. The van der Waals surface area contributed by atoms with Gasteiger partial charge in [-0.1, -0.05) is 54.3 Å². The first-order chi connectivity index (χ1) is 9.49. The van der Waals surface area contributed by atoms with Gasteiger partial charge in [0.1, 0.15) is 11.0 Å². The molecule has 2 aromatic rings. The summed E-state index contributed by atoms with van der Waals surface area (Å²) in [6.45, 7) is 6.37. The maximum Gasteiger partial charge on any atom is 0.146 e. The molecule has 0 unspecified atom stereocenters. The van der Waals surface area contributed by atoms with Crippen molar-refractivity contribution in [3.8, 4) is 0 Å². The van der Waals surface area contributed by atoms with Crippen molar-refractivity contribution in [2.75, 3.05) is 0 Å². The molecule has 0 fully saturated rings. The van der Waals surface area contributed by atoms with Crippen molar-refractivity contribution in [3.05, 3.63) is 55.1 Å². The Kier molecular flexibility index (Phi) is 5.38. The van der Waals surface area contributed by atoms with Crippen molar-refractivity contribution in [1.29, 1.82) is 0 Å². The van der Waals surface area contributed by atoms with Crippen LogP contribution in [0.5, 0.6) is 0 Å². The molecular formula is C16H18ClIN2. The Morgan fingerprint density at radius 3 is 2.35 bits per heavy atom. The Bertz CT molecular complexity index is 606. The van der Waals surface area contributed by atoms with E-state index < -0.39 is 0 Å². The van der Waals surface area contributed by atoms with Gasteiger partial charge in [0.05, 0.1) is 9.26 Å². The third kappa shape index (κ3) is 3.92. The first kappa shape index (κ1) is 15.7. The van der Waals surface area contributed by atoms with Gasteiger partial charge in [0, 0.05) is 6.42 Å². The van der Waals surface area contributed by atoms with E-state index in [9.17, 15) is 0 Å². The minimum atomic E-state index is 0.573. The van der Waals surface area contributed by atoms with Crippen molar-refractivity contribution >= 4 is 34.2 Å². The fourth-order valence-electron chi connectivity index (χ4n) is 2.35. The summed E-state index contributed by atoms with van der Waals surface area (Å²) in [5, 5.41) is 0.573. The molecule has 0 N–H and O–H groups in total. The Labute approximate surface area is 139 Å². The number of halogens is 2. The van der Waals surface area contributed by atoms with E-state index in [1.807, 2.05) is 0 Å². The minimum Gasteiger partial charge on any atom is -0.236 e. The number of hydrogen-bond donors (Lipinski definition) is 0. The van der Waals surface area contributed by atoms with Gasteiger partial charge in [0.15, 0.2) is 0 Å². The molecule has 0 aliphatic heterocycles. The normalized spacial score (nSPS) is 10.8. The van der Waals surface area contributed by atoms with E-state index in [0.29, 0.717) is 5.15 Å². The molecule has 0 radical (unpaired) electrons. The second kappa shape index (κ2) is 6.85. The van der Waals surface area contributed by atoms with Crippen LogP contribution in [0.2, 0.25) is 5.15 Å². The van der Waals surface area contributed by atoms with Gasteiger partial charge in [-0.05, 0) is 48.4 Å². The van der Waals surface area contributed by atoms with Gasteiger partial charge in [-0.15, -0.1) is 0 Å². The maximum atomic E-state index is 6.22. The van der Waals surface area contributed by atoms with Gasteiger partial charge < -0.3 is 0 Å². The molecule has 0 spiro atoms. The van der Waals surface area contributed by atoms with Crippen molar-refractivity contribution < 1.29 is 0 Å². The molecule has 2 rings (SSSR count). The topological polar surface area (TPSA) is 25.8 Å². The molecule has 4 heteroatoms. The average Bonchev–Trinajstić information content (AvgIpc) is 2.34. The molecule has 1 aromatic heterocycles. The summed E-state index contributed by atoms with van der Waals surface area (Å²) in [6, 6.07) is 6.54. The molecular weight excluding hydrogens is 383 g/mol. The summed E-state index contributed by atoms with van der Waals surface area (Å²) in [5.74, 6) is 0.809. The molecule has 0 aliphatic rings. The van der Waals surface area contributed by atoms with Crippen molar-refractivity contribution in [2.45, 2.75) is 40.0 Å². The van der Waals surface area contributed by atoms with Crippen LogP contribution in [0.25, 0.3) is 0 Å². The summed E-state index contributed by atoms with van der Waals surface area (Å²) in [6.07, 6.45) is 2.74. The number of nitrogens with zero attached hydrogens (tertiary/aromatic N) is 2. The highest BCUT2D eigenvalue weighted by Gasteiger charge is 2.11. The van der Waals surface area contributed by atoms with E-state index in [2.05, 4.69) is 71.5 Å². The predicted octanol–water partition coefficient (Wildman–Crippen LogP) is 4.89. The highest BCUT2D eigenvalue weighted by atomic mass is 127. The largest absolute Gasteiger partial charge is 0.236 e. The van der Waals surface area contributed by atoms with E-state index in [-0.39, 0.29) is 0 Å². The lowest BCUT2D eigenvalue weighted by Crippen LogP contribution is -2.04. The standard InChI is InChI=1S/C16H18ClIN2/c1-4-5-13-15(18)16(17)20-14(19-13)9-12-7-10(2)6-11(3)8-12/h6-8H,4-5,9H2,1-3H3. The summed E-state index contributed by atoms with van der Waals surface area (Å²) in [4.78, 5) is 9.09. The molecule has 0 saturated heterocycles. The molecule has 1 heterocycles. The van der Waals surface area contributed by atoms with E-state index in [1.54, 1.807) is 0 Å². The smallest absolute Gasteiger partial charge is 0.146 e. The molecule has 20 heavy (non-hydrogen) atoms. The molecule has 106 valence electrons. The van der Waals surface area contributed by atoms with Crippen LogP contribution in [0.4, 0.5) is 0 Å². The lowest BCUT2D eigenvalue weighted by atomic mass is 10.0. The lowest BCUT2D eigenvalue weighted by molar-refractivity contribution is 0.832. The first-order valence-corrected chi connectivity index (χ1v) is 8.23. The Hall–Kier alpha value is -0.680. The Morgan fingerprint density at radius 1 is 1.10 bits per heavy atom. The van der Waals surface area contributed by atoms with Gasteiger partial charge in [0.2, 0.25) is 0 Å². The highest BCUT2D eigenvalue weighted by Crippen LogP contribution is 2.21. The number of aryl methyl sites for hydroxylation is 3. The second-order valence-electron chi connectivity index (χ2n) is 5.11. The molecule has 0 bridgehead atoms. The van der Waals surface area contributed by atoms with Crippen LogP contribution in [-0.4, -0.2) is 9.97 Å². The van der Waals surface area contributed by atoms with E-state index >= 15 is 0 Å². The van der Waals surface area contributed by atoms with Crippen LogP contribution in [0, 0.1) is 17.4 Å². The van der Waals surface area contributed by atoms with E-state index in [1.165, 1.54) is 16.7 Å².